The number of rotatable bonds is 4. The molecule has 0 radical (unpaired) electrons. The number of nitrogens with one attached hydrogen (secondary N) is 3. The van der Waals surface area contributed by atoms with Gasteiger partial charge >= 0.3 is 0 Å². The fourth-order valence-electron chi connectivity index (χ4n) is 8.26. The van der Waals surface area contributed by atoms with E-state index in [2.05, 4.69) is 66.1 Å². The summed E-state index contributed by atoms with van der Waals surface area (Å²) in [6.07, 6.45) is 6.94. The molecule has 9 heteroatoms. The van der Waals surface area contributed by atoms with Crippen LogP contribution in [0.2, 0.25) is 0 Å². The molecule has 224 valence electrons. The largest absolute Gasteiger partial charge is 0.380 e. The summed E-state index contributed by atoms with van der Waals surface area (Å²) < 4.78 is 42.9. The smallest absolute Gasteiger partial charge is 0.216 e. The van der Waals surface area contributed by atoms with E-state index >= 15 is 0 Å². The fourth-order valence-corrected chi connectivity index (χ4v) is 9.92. The Labute approximate surface area is 241 Å². The maximum Gasteiger partial charge on any atom is 0.216 e. The van der Waals surface area contributed by atoms with E-state index in [-0.39, 0.29) is 17.5 Å². The quantitative estimate of drug-likeness (QED) is 0.502. The monoisotopic (exact) mass is 574 g/mol. The predicted octanol–water partition coefficient (Wildman–Crippen LogP) is 3.94. The van der Waals surface area contributed by atoms with Crippen molar-refractivity contribution < 1.29 is 17.9 Å². The third-order valence-electron chi connectivity index (χ3n) is 10.3. The topological polar surface area (TPSA) is 91.9 Å². The molecule has 4 bridgehead atoms. The van der Waals surface area contributed by atoms with E-state index in [0.717, 1.165) is 58.3 Å². The highest BCUT2D eigenvalue weighted by molar-refractivity contribution is 7.90. The number of hydrogen-bond donors (Lipinski definition) is 3. The Morgan fingerprint density at radius 2 is 1.82 bits per heavy atom. The second kappa shape index (κ2) is 11.5. The van der Waals surface area contributed by atoms with Gasteiger partial charge in [-0.15, -0.1) is 0 Å². The van der Waals surface area contributed by atoms with Crippen molar-refractivity contribution in [3.63, 3.8) is 0 Å². The zero-order valence-electron chi connectivity index (χ0n) is 24.8. The second-order valence-electron chi connectivity index (χ2n) is 14.0. The average molecular weight is 575 g/mol. The highest BCUT2D eigenvalue weighted by atomic mass is 32.2. The highest BCUT2D eigenvalue weighted by Crippen LogP contribution is 2.50. The fraction of sp³-hybridized carbons (Fsp3) is 0.806. The number of aryl methyl sites for hydroxylation is 2. The molecule has 3 N–H and O–H groups in total. The molecule has 2 aliphatic carbocycles. The molecular formula is C31H50N4O4S. The average Bonchev–Trinajstić information content (AvgIpc) is 2.83. The molecule has 0 amide bonds. The molecule has 0 aromatic heterocycles. The zero-order valence-corrected chi connectivity index (χ0v) is 25.6. The van der Waals surface area contributed by atoms with Gasteiger partial charge in [0.25, 0.3) is 0 Å². The Hall–Kier alpha value is -1.07. The van der Waals surface area contributed by atoms with E-state index in [0.29, 0.717) is 35.9 Å². The van der Waals surface area contributed by atoms with Crippen LogP contribution in [0.25, 0.3) is 0 Å². The molecule has 3 heterocycles. The summed E-state index contributed by atoms with van der Waals surface area (Å²) in [5, 5.41) is 6.71. The van der Waals surface area contributed by atoms with Crippen LogP contribution in [0.15, 0.2) is 18.2 Å². The lowest BCUT2D eigenvalue weighted by Crippen LogP contribution is -2.64. The van der Waals surface area contributed by atoms with E-state index in [9.17, 15) is 8.42 Å². The van der Waals surface area contributed by atoms with Gasteiger partial charge in [-0.05, 0) is 80.9 Å². The molecule has 6 rings (SSSR count). The molecule has 40 heavy (non-hydrogen) atoms. The maximum absolute atomic E-state index is 13.8. The molecular weight excluding hydrogens is 524 g/mol. The first-order chi connectivity index (χ1) is 19.1. The molecule has 5 aliphatic rings. The summed E-state index contributed by atoms with van der Waals surface area (Å²) in [6, 6.07) is 7.22. The molecule has 6 atom stereocenters. The number of hydrogen-bond acceptors (Lipinski definition) is 7. The molecule has 5 unspecified atom stereocenters. The van der Waals surface area contributed by atoms with E-state index in [1.165, 1.54) is 29.5 Å². The molecule has 1 spiro atoms. The number of nitrogens with zero attached hydrogens (tertiary/aromatic N) is 1. The standard InChI is InChI=1S/C31H50N4O4S/c1-20(2)11-24-17-39-28-13-27(29-21(3)7-5-8-22(29)4)32-30(33-28)34-40(36,37)26-10-6-9-23(12-26)16-35(24)25-14-31(15-25)18-38-19-31/h5,7-8,20,23-28,30,32-34H,6,9-19H2,1-4H3/t23?,24-,26?,27?,28?,30?/m1/s1. The van der Waals surface area contributed by atoms with Gasteiger partial charge in [0, 0.05) is 36.5 Å². The Morgan fingerprint density at radius 3 is 2.50 bits per heavy atom. The molecule has 8 nitrogen and oxygen atoms in total. The minimum Gasteiger partial charge on any atom is -0.380 e. The Balaban J connectivity index is 1.31. The van der Waals surface area contributed by atoms with Crippen molar-refractivity contribution in [3.05, 3.63) is 34.9 Å². The Bertz CT molecular complexity index is 1130. The van der Waals surface area contributed by atoms with E-state index in [1.54, 1.807) is 0 Å². The van der Waals surface area contributed by atoms with Crippen molar-refractivity contribution >= 4 is 10.0 Å². The molecule has 3 aliphatic heterocycles. The summed E-state index contributed by atoms with van der Waals surface area (Å²) >= 11 is 0. The summed E-state index contributed by atoms with van der Waals surface area (Å²) in [4.78, 5) is 2.75. The minimum atomic E-state index is -3.51. The van der Waals surface area contributed by atoms with Crippen LogP contribution in [0, 0.1) is 31.1 Å². The van der Waals surface area contributed by atoms with Crippen molar-refractivity contribution in [2.24, 2.45) is 17.3 Å². The summed E-state index contributed by atoms with van der Waals surface area (Å²) in [6.45, 7) is 12.3. The van der Waals surface area contributed by atoms with Crippen LogP contribution in [0.1, 0.15) is 87.9 Å². The van der Waals surface area contributed by atoms with Gasteiger partial charge in [0.1, 0.15) is 12.5 Å². The summed E-state index contributed by atoms with van der Waals surface area (Å²) in [5.41, 5.74) is 4.07. The van der Waals surface area contributed by atoms with Gasteiger partial charge in [-0.1, -0.05) is 38.5 Å². The minimum absolute atomic E-state index is 0.00542. The highest BCUT2D eigenvalue weighted by Gasteiger charge is 2.53. The Kier molecular flexibility index (Phi) is 8.38. The van der Waals surface area contributed by atoms with Gasteiger partial charge in [-0.2, -0.15) is 4.72 Å². The van der Waals surface area contributed by atoms with Gasteiger partial charge in [0.05, 0.1) is 25.1 Å². The number of fused-ring (bicyclic) bond motifs is 4. The summed E-state index contributed by atoms with van der Waals surface area (Å²) in [7, 11) is -3.51. The number of ether oxygens (including phenoxy) is 2. The van der Waals surface area contributed by atoms with Crippen molar-refractivity contribution in [1.82, 2.24) is 20.3 Å². The van der Waals surface area contributed by atoms with Crippen molar-refractivity contribution in [2.75, 3.05) is 26.4 Å². The molecule has 2 saturated carbocycles. The maximum atomic E-state index is 13.8. The molecule has 1 aromatic carbocycles. The summed E-state index contributed by atoms with van der Waals surface area (Å²) in [5.74, 6) is 0.952. The van der Waals surface area contributed by atoms with Crippen LogP contribution in [0.5, 0.6) is 0 Å². The lowest BCUT2D eigenvalue weighted by Gasteiger charge is -2.58. The normalized spacial score (nSPS) is 36.6. The van der Waals surface area contributed by atoms with Gasteiger partial charge in [-0.3, -0.25) is 15.5 Å². The van der Waals surface area contributed by atoms with Gasteiger partial charge in [-0.25, -0.2) is 8.42 Å². The van der Waals surface area contributed by atoms with Crippen LogP contribution < -0.4 is 15.4 Å². The molecule has 1 aromatic rings. The van der Waals surface area contributed by atoms with Gasteiger partial charge in [0.15, 0.2) is 0 Å². The van der Waals surface area contributed by atoms with Crippen molar-refractivity contribution in [3.8, 4) is 0 Å². The van der Waals surface area contributed by atoms with Crippen LogP contribution in [-0.4, -0.2) is 69.5 Å². The molecule has 5 fully saturated rings. The Morgan fingerprint density at radius 1 is 1.07 bits per heavy atom. The lowest BCUT2D eigenvalue weighted by molar-refractivity contribution is -0.193. The van der Waals surface area contributed by atoms with Crippen molar-refractivity contribution in [1.29, 1.82) is 0 Å². The van der Waals surface area contributed by atoms with Crippen LogP contribution in [0.4, 0.5) is 0 Å². The lowest BCUT2D eigenvalue weighted by atomic mass is 9.63. The van der Waals surface area contributed by atoms with Gasteiger partial charge < -0.3 is 9.47 Å². The first-order valence-corrected chi connectivity index (χ1v) is 17.2. The van der Waals surface area contributed by atoms with Gasteiger partial charge in [0.2, 0.25) is 10.0 Å². The van der Waals surface area contributed by atoms with E-state index < -0.39 is 16.3 Å². The van der Waals surface area contributed by atoms with E-state index in [1.807, 2.05) is 0 Å². The van der Waals surface area contributed by atoms with Crippen LogP contribution >= 0.6 is 0 Å². The predicted molar refractivity (Wildman–Crippen MR) is 157 cm³/mol. The van der Waals surface area contributed by atoms with E-state index in [4.69, 9.17) is 9.47 Å². The number of sulfonamides is 1. The third-order valence-corrected chi connectivity index (χ3v) is 12.2. The van der Waals surface area contributed by atoms with Crippen molar-refractivity contribution in [2.45, 2.75) is 115 Å². The SMILES string of the molecule is Cc1cccc(C)c1C1CC2NC(N1)NS(=O)(=O)C1CCCC(C1)CN(C1CC3(COC3)C1)[C@H](CC(C)C)CO2. The van der Waals surface area contributed by atoms with Crippen LogP contribution in [-0.2, 0) is 19.5 Å². The second-order valence-corrected chi connectivity index (χ2v) is 16.0. The molecule has 3 saturated heterocycles. The van der Waals surface area contributed by atoms with Crippen LogP contribution in [0.3, 0.4) is 0 Å². The first kappa shape index (κ1) is 29.0. The zero-order chi connectivity index (χ0) is 28.1. The third kappa shape index (κ3) is 6.03. The first-order valence-electron chi connectivity index (χ1n) is 15.7. The number of benzene rings is 1.